The number of ether oxygens (including phenoxy) is 1. The Balaban J connectivity index is 2.08. The fourth-order valence-electron chi connectivity index (χ4n) is 2.39. The third-order valence-electron chi connectivity index (χ3n) is 3.55. The number of hydrogen-bond acceptors (Lipinski definition) is 3. The molecule has 1 aromatic carbocycles. The molecule has 2 rings (SSSR count). The maximum absolute atomic E-state index is 5.35. The number of halogens is 2. The van der Waals surface area contributed by atoms with Gasteiger partial charge in [0, 0.05) is 35.7 Å². The Labute approximate surface area is 132 Å². The van der Waals surface area contributed by atoms with Crippen LogP contribution in [0.15, 0.2) is 21.1 Å². The lowest BCUT2D eigenvalue weighted by molar-refractivity contribution is 0.274. The van der Waals surface area contributed by atoms with E-state index in [-0.39, 0.29) is 0 Å². The lowest BCUT2D eigenvalue weighted by atomic mass is 10.2. The Morgan fingerprint density at radius 3 is 2.63 bits per heavy atom. The van der Waals surface area contributed by atoms with Crippen molar-refractivity contribution in [1.82, 2.24) is 4.90 Å². The van der Waals surface area contributed by atoms with Gasteiger partial charge in [-0.15, -0.1) is 0 Å². The molecule has 1 saturated heterocycles. The van der Waals surface area contributed by atoms with E-state index >= 15 is 0 Å². The van der Waals surface area contributed by atoms with Gasteiger partial charge < -0.3 is 10.1 Å². The lowest BCUT2D eigenvalue weighted by Crippen LogP contribution is -2.31. The quantitative estimate of drug-likeness (QED) is 0.835. The SMILES string of the molecule is COc1cc(NC2CCN(C(C)C)C2)c(Br)cc1Br. The van der Waals surface area contributed by atoms with Gasteiger partial charge in [-0.25, -0.2) is 0 Å². The van der Waals surface area contributed by atoms with Crippen molar-refractivity contribution >= 4 is 37.5 Å². The Hall–Kier alpha value is -0.260. The Morgan fingerprint density at radius 1 is 1.32 bits per heavy atom. The van der Waals surface area contributed by atoms with Gasteiger partial charge in [0.1, 0.15) is 5.75 Å². The number of hydrogen-bond donors (Lipinski definition) is 1. The van der Waals surface area contributed by atoms with Gasteiger partial charge in [0.25, 0.3) is 0 Å². The molecule has 1 N–H and O–H groups in total. The summed E-state index contributed by atoms with van der Waals surface area (Å²) in [7, 11) is 1.69. The minimum atomic E-state index is 0.504. The molecular weight excluding hydrogens is 372 g/mol. The van der Waals surface area contributed by atoms with E-state index in [4.69, 9.17) is 4.74 Å². The van der Waals surface area contributed by atoms with E-state index in [2.05, 4.69) is 55.9 Å². The van der Waals surface area contributed by atoms with Crippen molar-refractivity contribution in [2.45, 2.75) is 32.4 Å². The molecule has 1 atom stereocenters. The third kappa shape index (κ3) is 3.64. The highest BCUT2D eigenvalue weighted by atomic mass is 79.9. The largest absolute Gasteiger partial charge is 0.495 e. The summed E-state index contributed by atoms with van der Waals surface area (Å²) in [5.74, 6) is 0.851. The van der Waals surface area contributed by atoms with Gasteiger partial charge in [0.05, 0.1) is 17.3 Å². The first-order valence-electron chi connectivity index (χ1n) is 6.55. The summed E-state index contributed by atoms with van der Waals surface area (Å²) in [5.41, 5.74) is 1.09. The van der Waals surface area contributed by atoms with Crippen LogP contribution in [0.5, 0.6) is 5.75 Å². The topological polar surface area (TPSA) is 24.5 Å². The van der Waals surface area contributed by atoms with Crippen LogP contribution in [0.3, 0.4) is 0 Å². The summed E-state index contributed by atoms with van der Waals surface area (Å²) in [6.07, 6.45) is 1.18. The molecule has 0 bridgehead atoms. The highest BCUT2D eigenvalue weighted by molar-refractivity contribution is 9.11. The zero-order valence-corrected chi connectivity index (χ0v) is 14.7. The van der Waals surface area contributed by atoms with Gasteiger partial charge in [-0.3, -0.25) is 4.90 Å². The maximum Gasteiger partial charge on any atom is 0.135 e. The summed E-state index contributed by atoms with van der Waals surface area (Å²) < 4.78 is 7.37. The highest BCUT2D eigenvalue weighted by Gasteiger charge is 2.24. The van der Waals surface area contributed by atoms with Crippen LogP contribution in [0.25, 0.3) is 0 Å². The van der Waals surface area contributed by atoms with E-state index in [1.807, 2.05) is 12.1 Å². The molecule has 1 unspecified atom stereocenters. The highest BCUT2D eigenvalue weighted by Crippen LogP contribution is 2.35. The molecule has 1 heterocycles. The first kappa shape index (κ1) is 15.1. The van der Waals surface area contributed by atoms with Gasteiger partial charge in [-0.05, 0) is 58.2 Å². The van der Waals surface area contributed by atoms with Crippen LogP contribution < -0.4 is 10.1 Å². The molecule has 1 aliphatic heterocycles. The van der Waals surface area contributed by atoms with Gasteiger partial charge in [0.2, 0.25) is 0 Å². The number of methoxy groups -OCH3 is 1. The van der Waals surface area contributed by atoms with Crippen LogP contribution in [0.1, 0.15) is 20.3 Å². The third-order valence-corrected chi connectivity index (χ3v) is 4.83. The fourth-order valence-corrected chi connectivity index (χ4v) is 3.66. The Morgan fingerprint density at radius 2 is 2.05 bits per heavy atom. The van der Waals surface area contributed by atoms with Crippen molar-refractivity contribution in [3.63, 3.8) is 0 Å². The first-order valence-corrected chi connectivity index (χ1v) is 8.13. The molecular formula is C14H20Br2N2O. The first-order chi connectivity index (χ1) is 9.01. The van der Waals surface area contributed by atoms with Crippen LogP contribution in [-0.2, 0) is 0 Å². The second-order valence-corrected chi connectivity index (χ2v) is 6.89. The second kappa shape index (κ2) is 6.46. The fraction of sp³-hybridized carbons (Fsp3) is 0.571. The van der Waals surface area contributed by atoms with Crippen LogP contribution in [0, 0.1) is 0 Å². The summed E-state index contributed by atoms with van der Waals surface area (Å²) in [5, 5.41) is 3.61. The van der Waals surface area contributed by atoms with Gasteiger partial charge in [-0.2, -0.15) is 0 Å². The molecule has 5 heteroatoms. The van der Waals surface area contributed by atoms with Crippen LogP contribution in [-0.4, -0.2) is 37.2 Å². The van der Waals surface area contributed by atoms with E-state index < -0.39 is 0 Å². The molecule has 0 spiro atoms. The van der Waals surface area contributed by atoms with E-state index in [0.29, 0.717) is 12.1 Å². The summed E-state index contributed by atoms with van der Waals surface area (Å²) in [6.45, 7) is 6.77. The molecule has 0 amide bonds. The van der Waals surface area contributed by atoms with Crippen LogP contribution >= 0.6 is 31.9 Å². The molecule has 0 aromatic heterocycles. The maximum atomic E-state index is 5.35. The molecule has 19 heavy (non-hydrogen) atoms. The van der Waals surface area contributed by atoms with Crippen molar-refractivity contribution in [3.05, 3.63) is 21.1 Å². The standard InChI is InChI=1S/C14H20Br2N2O/c1-9(2)18-5-4-10(8-18)17-13-7-14(19-3)12(16)6-11(13)15/h6-7,9-10,17H,4-5,8H2,1-3H3. The van der Waals surface area contributed by atoms with Crippen molar-refractivity contribution in [2.75, 3.05) is 25.5 Å². The van der Waals surface area contributed by atoms with Gasteiger partial charge >= 0.3 is 0 Å². The summed E-state index contributed by atoms with van der Waals surface area (Å²) in [6, 6.07) is 5.18. The predicted molar refractivity (Wildman–Crippen MR) is 87.1 cm³/mol. The molecule has 106 valence electrons. The smallest absolute Gasteiger partial charge is 0.135 e. The average Bonchev–Trinajstić information content (AvgIpc) is 2.81. The van der Waals surface area contributed by atoms with Crippen molar-refractivity contribution < 1.29 is 4.74 Å². The van der Waals surface area contributed by atoms with Crippen LogP contribution in [0.4, 0.5) is 5.69 Å². The Kier molecular flexibility index (Phi) is 5.15. The van der Waals surface area contributed by atoms with E-state index in [1.165, 1.54) is 13.0 Å². The van der Waals surface area contributed by atoms with Crippen molar-refractivity contribution in [3.8, 4) is 5.75 Å². The normalized spacial score (nSPS) is 20.0. The Bertz CT molecular complexity index is 451. The molecule has 0 saturated carbocycles. The van der Waals surface area contributed by atoms with Gasteiger partial charge in [-0.1, -0.05) is 0 Å². The van der Waals surface area contributed by atoms with E-state index in [0.717, 1.165) is 26.9 Å². The summed E-state index contributed by atoms with van der Waals surface area (Å²) >= 11 is 7.09. The molecule has 1 aromatic rings. The predicted octanol–water partition coefficient (Wildman–Crippen LogP) is 4.11. The van der Waals surface area contributed by atoms with Crippen LogP contribution in [0.2, 0.25) is 0 Å². The van der Waals surface area contributed by atoms with Crippen molar-refractivity contribution in [1.29, 1.82) is 0 Å². The number of likely N-dealkylation sites (tertiary alicyclic amines) is 1. The molecule has 0 aliphatic carbocycles. The molecule has 1 aliphatic rings. The lowest BCUT2D eigenvalue weighted by Gasteiger charge is -2.21. The van der Waals surface area contributed by atoms with Gasteiger partial charge in [0.15, 0.2) is 0 Å². The summed E-state index contributed by atoms with van der Waals surface area (Å²) in [4.78, 5) is 2.50. The number of nitrogens with zero attached hydrogens (tertiary/aromatic N) is 1. The number of rotatable bonds is 4. The molecule has 0 radical (unpaired) electrons. The van der Waals surface area contributed by atoms with E-state index in [1.54, 1.807) is 7.11 Å². The average molecular weight is 392 g/mol. The minimum absolute atomic E-state index is 0.504. The number of anilines is 1. The van der Waals surface area contributed by atoms with E-state index in [9.17, 15) is 0 Å². The molecule has 3 nitrogen and oxygen atoms in total. The second-order valence-electron chi connectivity index (χ2n) is 5.19. The zero-order valence-electron chi connectivity index (χ0n) is 11.5. The number of benzene rings is 1. The zero-order chi connectivity index (χ0) is 14.0. The monoisotopic (exact) mass is 390 g/mol. The molecule has 1 fully saturated rings. The number of nitrogens with one attached hydrogen (secondary N) is 1. The minimum Gasteiger partial charge on any atom is -0.495 e. The van der Waals surface area contributed by atoms with Crippen molar-refractivity contribution in [2.24, 2.45) is 0 Å².